The lowest BCUT2D eigenvalue weighted by Crippen LogP contribution is -1.89. The van der Waals surface area contributed by atoms with E-state index in [9.17, 15) is 0 Å². The molecule has 2 N–H and O–H groups in total. The fourth-order valence-electron chi connectivity index (χ4n) is 1.44. The van der Waals surface area contributed by atoms with E-state index in [0.717, 1.165) is 15.4 Å². The van der Waals surface area contributed by atoms with Crippen LogP contribution in [0.5, 0.6) is 0 Å². The standard InChI is InChI=1S/C13H11N3S/c1-9-6-11(3-2-10(9)7-14)17-13-4-5-16-8-12(13)15/h2-6,8H,15H2,1H3. The van der Waals surface area contributed by atoms with E-state index in [1.54, 1.807) is 24.2 Å². The van der Waals surface area contributed by atoms with E-state index in [1.807, 2.05) is 31.2 Å². The summed E-state index contributed by atoms with van der Waals surface area (Å²) in [7, 11) is 0. The zero-order valence-corrected chi connectivity index (χ0v) is 10.2. The van der Waals surface area contributed by atoms with Crippen LogP contribution in [-0.2, 0) is 0 Å². The summed E-state index contributed by atoms with van der Waals surface area (Å²) in [5.41, 5.74) is 8.18. The maximum absolute atomic E-state index is 8.86. The third-order valence-electron chi connectivity index (χ3n) is 2.36. The summed E-state index contributed by atoms with van der Waals surface area (Å²) < 4.78 is 0. The Bertz CT molecular complexity index is 587. The van der Waals surface area contributed by atoms with E-state index in [-0.39, 0.29) is 0 Å². The van der Waals surface area contributed by atoms with Gasteiger partial charge in [-0.2, -0.15) is 5.26 Å². The Kier molecular flexibility index (Phi) is 3.31. The third-order valence-corrected chi connectivity index (χ3v) is 3.44. The van der Waals surface area contributed by atoms with Crippen molar-refractivity contribution >= 4 is 17.4 Å². The number of nitrogens with zero attached hydrogens (tertiary/aromatic N) is 2. The molecule has 1 heterocycles. The summed E-state index contributed by atoms with van der Waals surface area (Å²) in [5, 5.41) is 8.86. The minimum absolute atomic E-state index is 0.666. The lowest BCUT2D eigenvalue weighted by molar-refractivity contribution is 1.26. The summed E-state index contributed by atoms with van der Waals surface area (Å²) in [6.45, 7) is 1.93. The van der Waals surface area contributed by atoms with Gasteiger partial charge in [-0.15, -0.1) is 0 Å². The van der Waals surface area contributed by atoms with E-state index in [1.165, 1.54) is 0 Å². The summed E-state index contributed by atoms with van der Waals surface area (Å²) >= 11 is 1.57. The summed E-state index contributed by atoms with van der Waals surface area (Å²) in [5.74, 6) is 0. The van der Waals surface area contributed by atoms with Gasteiger partial charge in [0.25, 0.3) is 0 Å². The first-order chi connectivity index (χ1) is 8.20. The Morgan fingerprint density at radius 3 is 2.82 bits per heavy atom. The number of pyridine rings is 1. The van der Waals surface area contributed by atoms with Crippen molar-refractivity contribution in [3.8, 4) is 6.07 Å². The minimum Gasteiger partial charge on any atom is -0.397 e. The molecule has 17 heavy (non-hydrogen) atoms. The highest BCUT2D eigenvalue weighted by Crippen LogP contribution is 2.32. The van der Waals surface area contributed by atoms with Crippen molar-refractivity contribution in [1.29, 1.82) is 5.26 Å². The molecule has 2 rings (SSSR count). The van der Waals surface area contributed by atoms with Gasteiger partial charge in [-0.3, -0.25) is 4.98 Å². The van der Waals surface area contributed by atoms with Crippen molar-refractivity contribution in [2.24, 2.45) is 0 Å². The molecule has 0 amide bonds. The normalized spacial score (nSPS) is 9.88. The molecule has 0 radical (unpaired) electrons. The Balaban J connectivity index is 2.29. The Labute approximate surface area is 104 Å². The molecule has 1 aromatic heterocycles. The number of rotatable bonds is 2. The number of nitriles is 1. The maximum atomic E-state index is 8.86. The predicted octanol–water partition coefficient (Wildman–Crippen LogP) is 3.00. The minimum atomic E-state index is 0.666. The van der Waals surface area contributed by atoms with Crippen molar-refractivity contribution in [3.63, 3.8) is 0 Å². The number of nitrogen functional groups attached to an aromatic ring is 1. The van der Waals surface area contributed by atoms with Crippen LogP contribution in [0.3, 0.4) is 0 Å². The number of benzene rings is 1. The van der Waals surface area contributed by atoms with Crippen LogP contribution in [0.4, 0.5) is 5.69 Å². The van der Waals surface area contributed by atoms with Crippen LogP contribution >= 0.6 is 11.8 Å². The topological polar surface area (TPSA) is 62.7 Å². The van der Waals surface area contributed by atoms with E-state index >= 15 is 0 Å². The van der Waals surface area contributed by atoms with Crippen molar-refractivity contribution in [2.45, 2.75) is 16.7 Å². The third kappa shape index (κ3) is 2.58. The van der Waals surface area contributed by atoms with Crippen molar-refractivity contribution in [1.82, 2.24) is 4.98 Å². The fraction of sp³-hybridized carbons (Fsp3) is 0.0769. The Morgan fingerprint density at radius 1 is 1.35 bits per heavy atom. The lowest BCUT2D eigenvalue weighted by atomic mass is 10.1. The molecule has 0 atom stereocenters. The second kappa shape index (κ2) is 4.89. The quantitative estimate of drug-likeness (QED) is 0.878. The highest BCUT2D eigenvalue weighted by molar-refractivity contribution is 7.99. The molecule has 0 aliphatic heterocycles. The molecular weight excluding hydrogens is 230 g/mol. The van der Waals surface area contributed by atoms with Gasteiger partial charge in [-0.25, -0.2) is 0 Å². The highest BCUT2D eigenvalue weighted by atomic mass is 32.2. The number of aryl methyl sites for hydroxylation is 1. The molecule has 4 heteroatoms. The van der Waals surface area contributed by atoms with E-state index < -0.39 is 0 Å². The van der Waals surface area contributed by atoms with Gasteiger partial charge in [0.1, 0.15) is 0 Å². The molecule has 0 unspecified atom stereocenters. The number of nitrogens with two attached hydrogens (primary N) is 1. The first-order valence-corrected chi connectivity index (χ1v) is 5.90. The summed E-state index contributed by atoms with van der Waals surface area (Å²) in [6.07, 6.45) is 3.36. The van der Waals surface area contributed by atoms with Gasteiger partial charge >= 0.3 is 0 Å². The second-order valence-electron chi connectivity index (χ2n) is 3.60. The first kappa shape index (κ1) is 11.5. The molecule has 3 nitrogen and oxygen atoms in total. The molecule has 0 saturated heterocycles. The van der Waals surface area contributed by atoms with Crippen LogP contribution in [0.2, 0.25) is 0 Å². The Hall–Kier alpha value is -1.99. The van der Waals surface area contributed by atoms with E-state index in [4.69, 9.17) is 11.0 Å². The van der Waals surface area contributed by atoms with Crippen LogP contribution in [0, 0.1) is 18.3 Å². The van der Waals surface area contributed by atoms with Gasteiger partial charge in [0.15, 0.2) is 0 Å². The average molecular weight is 241 g/mol. The molecule has 0 saturated carbocycles. The van der Waals surface area contributed by atoms with Gasteiger partial charge in [0.2, 0.25) is 0 Å². The van der Waals surface area contributed by atoms with Crippen molar-refractivity contribution in [3.05, 3.63) is 47.8 Å². The predicted molar refractivity (Wildman–Crippen MR) is 68.7 cm³/mol. The van der Waals surface area contributed by atoms with Crippen molar-refractivity contribution in [2.75, 3.05) is 5.73 Å². The van der Waals surface area contributed by atoms with Gasteiger partial charge in [-0.05, 0) is 36.8 Å². The highest BCUT2D eigenvalue weighted by Gasteiger charge is 2.03. The molecule has 0 aliphatic carbocycles. The SMILES string of the molecule is Cc1cc(Sc2ccncc2N)ccc1C#N. The van der Waals surface area contributed by atoms with Gasteiger partial charge in [0, 0.05) is 16.0 Å². The zero-order valence-electron chi connectivity index (χ0n) is 9.34. The second-order valence-corrected chi connectivity index (χ2v) is 4.72. The molecule has 2 aromatic rings. The first-order valence-electron chi connectivity index (χ1n) is 5.09. The van der Waals surface area contributed by atoms with Gasteiger partial charge in [0.05, 0.1) is 23.5 Å². The summed E-state index contributed by atoms with van der Waals surface area (Å²) in [6, 6.07) is 9.78. The molecular formula is C13H11N3S. The number of hydrogen-bond donors (Lipinski definition) is 1. The Morgan fingerprint density at radius 2 is 2.18 bits per heavy atom. The average Bonchev–Trinajstić information content (AvgIpc) is 2.32. The number of hydrogen-bond acceptors (Lipinski definition) is 4. The van der Waals surface area contributed by atoms with Crippen LogP contribution < -0.4 is 5.73 Å². The van der Waals surface area contributed by atoms with Gasteiger partial charge in [-0.1, -0.05) is 11.8 Å². The van der Waals surface area contributed by atoms with Crippen LogP contribution in [0.15, 0.2) is 46.5 Å². The molecule has 0 aliphatic rings. The number of aromatic nitrogens is 1. The summed E-state index contributed by atoms with van der Waals surface area (Å²) in [4.78, 5) is 5.99. The lowest BCUT2D eigenvalue weighted by Gasteiger charge is -2.05. The number of anilines is 1. The molecule has 84 valence electrons. The zero-order chi connectivity index (χ0) is 12.3. The van der Waals surface area contributed by atoms with Crippen molar-refractivity contribution < 1.29 is 0 Å². The van der Waals surface area contributed by atoms with E-state index in [2.05, 4.69) is 11.1 Å². The maximum Gasteiger partial charge on any atom is 0.0994 e. The van der Waals surface area contributed by atoms with E-state index in [0.29, 0.717) is 11.3 Å². The molecule has 0 bridgehead atoms. The molecule has 0 fully saturated rings. The van der Waals surface area contributed by atoms with Gasteiger partial charge < -0.3 is 5.73 Å². The monoisotopic (exact) mass is 241 g/mol. The van der Waals surface area contributed by atoms with Crippen LogP contribution in [-0.4, -0.2) is 4.98 Å². The largest absolute Gasteiger partial charge is 0.397 e. The smallest absolute Gasteiger partial charge is 0.0994 e. The van der Waals surface area contributed by atoms with Crippen LogP contribution in [0.25, 0.3) is 0 Å². The fourth-order valence-corrected chi connectivity index (χ4v) is 2.36. The van der Waals surface area contributed by atoms with Crippen LogP contribution in [0.1, 0.15) is 11.1 Å². The molecule has 0 spiro atoms. The molecule has 1 aromatic carbocycles.